The van der Waals surface area contributed by atoms with Crippen molar-refractivity contribution in [2.24, 2.45) is 0 Å². The van der Waals surface area contributed by atoms with Crippen LogP contribution in [0.2, 0.25) is 0 Å². The molecule has 1 fully saturated rings. The van der Waals surface area contributed by atoms with Crippen molar-refractivity contribution in [1.29, 1.82) is 0 Å². The van der Waals surface area contributed by atoms with E-state index in [2.05, 4.69) is 20.2 Å². The Bertz CT molecular complexity index is 639. The summed E-state index contributed by atoms with van der Waals surface area (Å²) >= 11 is 0. The van der Waals surface area contributed by atoms with Gasteiger partial charge in [0, 0.05) is 32.5 Å². The van der Waals surface area contributed by atoms with Crippen LogP contribution in [0.25, 0.3) is 5.65 Å². The summed E-state index contributed by atoms with van der Waals surface area (Å²) in [7, 11) is 1.84. The van der Waals surface area contributed by atoms with Crippen molar-refractivity contribution < 1.29 is 9.84 Å². The molecule has 2 aromatic heterocycles. The molecule has 0 saturated carbocycles. The summed E-state index contributed by atoms with van der Waals surface area (Å²) < 4.78 is 7.81. The molecule has 0 bridgehead atoms. The highest BCUT2D eigenvalue weighted by Gasteiger charge is 2.34. The van der Waals surface area contributed by atoms with Gasteiger partial charge in [-0.25, -0.2) is 9.97 Å². The normalized spacial score (nSPS) is 21.7. The number of imidazole rings is 1. The molecule has 3 heterocycles. The highest BCUT2D eigenvalue weighted by Crippen LogP contribution is 2.28. The lowest BCUT2D eigenvalue weighted by molar-refractivity contribution is -0.101. The number of rotatable bonds is 3. The summed E-state index contributed by atoms with van der Waals surface area (Å²) in [5.41, 5.74) is 0.468. The predicted molar refractivity (Wildman–Crippen MR) is 80.8 cm³/mol. The lowest BCUT2D eigenvalue weighted by atomic mass is 10.1. The van der Waals surface area contributed by atoms with Gasteiger partial charge in [-0.3, -0.25) is 0 Å². The second kappa shape index (κ2) is 5.16. The molecule has 1 aliphatic rings. The number of anilines is 2. The quantitative estimate of drug-likeness (QED) is 0.869. The van der Waals surface area contributed by atoms with Crippen LogP contribution >= 0.6 is 0 Å². The Kier molecular flexibility index (Phi) is 3.46. The predicted octanol–water partition coefficient (Wildman–Crippen LogP) is 0.747. The van der Waals surface area contributed by atoms with Gasteiger partial charge in [-0.15, -0.1) is 0 Å². The smallest absolute Gasteiger partial charge is 0.180 e. The van der Waals surface area contributed by atoms with E-state index >= 15 is 0 Å². The molecular formula is C14H21N5O2. The zero-order valence-corrected chi connectivity index (χ0v) is 12.6. The number of hydrogen-bond acceptors (Lipinski definition) is 6. The molecule has 1 atom stereocenters. The van der Waals surface area contributed by atoms with Crippen LogP contribution < -0.4 is 10.2 Å². The summed E-state index contributed by atoms with van der Waals surface area (Å²) in [4.78, 5) is 11.2. The van der Waals surface area contributed by atoms with Gasteiger partial charge < -0.3 is 24.5 Å². The van der Waals surface area contributed by atoms with Crippen molar-refractivity contribution in [3.05, 3.63) is 18.6 Å². The molecule has 1 saturated heterocycles. The molecule has 0 amide bonds. The number of ether oxygens (including phenoxy) is 1. The standard InChI is InChI=1S/C14H21N5O2/c1-14(2)9-19(6-10(8-20)21-14)13-12-16-4-5-18(12)7-11(15-3)17-13/h4-5,7,10,15,20H,6,8-9H2,1-3H3. The van der Waals surface area contributed by atoms with E-state index in [9.17, 15) is 5.11 Å². The van der Waals surface area contributed by atoms with Crippen molar-refractivity contribution in [2.75, 3.05) is 37.0 Å². The maximum absolute atomic E-state index is 9.46. The van der Waals surface area contributed by atoms with Crippen LogP contribution in [0.15, 0.2) is 18.6 Å². The minimum Gasteiger partial charge on any atom is -0.394 e. The van der Waals surface area contributed by atoms with E-state index in [0.717, 1.165) is 17.3 Å². The largest absolute Gasteiger partial charge is 0.394 e. The fourth-order valence-corrected chi connectivity index (χ4v) is 2.80. The summed E-state index contributed by atoms with van der Waals surface area (Å²) in [6.45, 7) is 5.34. The van der Waals surface area contributed by atoms with Gasteiger partial charge in [0.25, 0.3) is 0 Å². The Morgan fingerprint density at radius 2 is 2.33 bits per heavy atom. The number of fused-ring (bicyclic) bond motifs is 1. The Labute approximate surface area is 123 Å². The average Bonchev–Trinajstić information content (AvgIpc) is 2.92. The Balaban J connectivity index is 2.04. The maximum atomic E-state index is 9.46. The summed E-state index contributed by atoms with van der Waals surface area (Å²) in [5.74, 6) is 1.59. The Morgan fingerprint density at radius 3 is 3.05 bits per heavy atom. The van der Waals surface area contributed by atoms with Gasteiger partial charge in [0.15, 0.2) is 11.5 Å². The van der Waals surface area contributed by atoms with Crippen molar-refractivity contribution in [3.8, 4) is 0 Å². The molecule has 0 aromatic carbocycles. The van der Waals surface area contributed by atoms with E-state index in [4.69, 9.17) is 4.74 Å². The number of nitrogens with one attached hydrogen (secondary N) is 1. The molecule has 114 valence electrons. The van der Waals surface area contributed by atoms with Crippen molar-refractivity contribution in [2.45, 2.75) is 25.6 Å². The van der Waals surface area contributed by atoms with Crippen molar-refractivity contribution >= 4 is 17.3 Å². The van der Waals surface area contributed by atoms with E-state index in [0.29, 0.717) is 13.1 Å². The van der Waals surface area contributed by atoms with Crippen LogP contribution in [-0.4, -0.2) is 57.9 Å². The first-order valence-electron chi connectivity index (χ1n) is 7.07. The number of aromatic nitrogens is 3. The monoisotopic (exact) mass is 291 g/mol. The van der Waals surface area contributed by atoms with E-state index in [1.165, 1.54) is 0 Å². The van der Waals surface area contributed by atoms with Gasteiger partial charge >= 0.3 is 0 Å². The van der Waals surface area contributed by atoms with E-state index in [1.54, 1.807) is 6.20 Å². The number of nitrogens with zero attached hydrogens (tertiary/aromatic N) is 4. The highest BCUT2D eigenvalue weighted by atomic mass is 16.5. The van der Waals surface area contributed by atoms with Crippen molar-refractivity contribution in [1.82, 2.24) is 14.4 Å². The molecule has 0 radical (unpaired) electrons. The van der Waals surface area contributed by atoms with Gasteiger partial charge in [-0.05, 0) is 13.8 Å². The van der Waals surface area contributed by atoms with Crippen LogP contribution in [0.1, 0.15) is 13.8 Å². The van der Waals surface area contributed by atoms with E-state index in [1.807, 2.05) is 37.7 Å². The molecule has 2 N–H and O–H groups in total. The zero-order chi connectivity index (χ0) is 15.0. The second-order valence-electron chi connectivity index (χ2n) is 5.92. The van der Waals surface area contributed by atoms with Gasteiger partial charge in [0.05, 0.1) is 24.5 Å². The molecule has 7 heteroatoms. The van der Waals surface area contributed by atoms with E-state index in [-0.39, 0.29) is 18.3 Å². The summed E-state index contributed by atoms with van der Waals surface area (Å²) in [5, 5.41) is 12.5. The molecule has 21 heavy (non-hydrogen) atoms. The molecule has 1 aliphatic heterocycles. The van der Waals surface area contributed by atoms with Gasteiger partial charge in [-0.1, -0.05) is 0 Å². The maximum Gasteiger partial charge on any atom is 0.180 e. The Morgan fingerprint density at radius 1 is 1.52 bits per heavy atom. The Hall–Kier alpha value is -1.86. The number of hydrogen-bond donors (Lipinski definition) is 2. The number of aliphatic hydroxyl groups is 1. The number of morpholine rings is 1. The minimum absolute atomic E-state index is 0.00360. The first-order chi connectivity index (χ1) is 10.0. The fraction of sp³-hybridized carbons (Fsp3) is 0.571. The average molecular weight is 291 g/mol. The lowest BCUT2D eigenvalue weighted by Gasteiger charge is -2.42. The molecule has 2 aromatic rings. The minimum atomic E-state index is -0.341. The van der Waals surface area contributed by atoms with Gasteiger partial charge in [0.2, 0.25) is 0 Å². The first-order valence-corrected chi connectivity index (χ1v) is 7.07. The van der Waals surface area contributed by atoms with Crippen LogP contribution in [0, 0.1) is 0 Å². The molecule has 7 nitrogen and oxygen atoms in total. The number of aliphatic hydroxyl groups excluding tert-OH is 1. The van der Waals surface area contributed by atoms with Gasteiger partial charge in [0.1, 0.15) is 5.82 Å². The molecule has 0 spiro atoms. The lowest BCUT2D eigenvalue weighted by Crippen LogP contribution is -2.54. The third-order valence-corrected chi connectivity index (χ3v) is 3.60. The molecule has 3 rings (SSSR count). The summed E-state index contributed by atoms with van der Waals surface area (Å²) in [6.07, 6.45) is 5.34. The fourth-order valence-electron chi connectivity index (χ4n) is 2.80. The third kappa shape index (κ3) is 2.66. The van der Waals surface area contributed by atoms with Crippen LogP contribution in [-0.2, 0) is 4.74 Å². The molecular weight excluding hydrogens is 270 g/mol. The first kappa shape index (κ1) is 14.1. The summed E-state index contributed by atoms with van der Waals surface area (Å²) in [6, 6.07) is 0. The third-order valence-electron chi connectivity index (χ3n) is 3.60. The van der Waals surface area contributed by atoms with Crippen LogP contribution in [0.5, 0.6) is 0 Å². The van der Waals surface area contributed by atoms with Crippen LogP contribution in [0.3, 0.4) is 0 Å². The topological polar surface area (TPSA) is 74.9 Å². The zero-order valence-electron chi connectivity index (χ0n) is 12.6. The highest BCUT2D eigenvalue weighted by molar-refractivity contribution is 5.67. The SMILES string of the molecule is CNc1cn2ccnc2c(N2CC(CO)OC(C)(C)C2)n1. The molecule has 0 aliphatic carbocycles. The molecule has 1 unspecified atom stereocenters. The van der Waals surface area contributed by atoms with Gasteiger partial charge in [-0.2, -0.15) is 0 Å². The second-order valence-corrected chi connectivity index (χ2v) is 5.92. The van der Waals surface area contributed by atoms with Crippen LogP contribution in [0.4, 0.5) is 11.6 Å². The van der Waals surface area contributed by atoms with E-state index < -0.39 is 0 Å². The van der Waals surface area contributed by atoms with Crippen molar-refractivity contribution in [3.63, 3.8) is 0 Å².